The summed E-state index contributed by atoms with van der Waals surface area (Å²) < 4.78 is 0. The Bertz CT molecular complexity index is 513. The molecule has 3 rings (SSSR count). The molecule has 0 aliphatic heterocycles. The van der Waals surface area contributed by atoms with Crippen LogP contribution in [-0.2, 0) is 12.8 Å². The molecule has 0 aromatic heterocycles. The minimum atomic E-state index is 0.365. The lowest BCUT2D eigenvalue weighted by Gasteiger charge is -2.20. The van der Waals surface area contributed by atoms with E-state index in [1.165, 1.54) is 56.1 Å². The van der Waals surface area contributed by atoms with E-state index in [9.17, 15) is 0 Å². The second-order valence-corrected chi connectivity index (χ2v) is 6.68. The maximum Gasteiger partial charge on any atom is 0.193 e. The molecule has 0 radical (unpaired) electrons. The van der Waals surface area contributed by atoms with Gasteiger partial charge in [0.05, 0.1) is 0 Å². The summed E-state index contributed by atoms with van der Waals surface area (Å²) in [4.78, 5) is 4.55. The zero-order chi connectivity index (χ0) is 14.0. The fourth-order valence-electron chi connectivity index (χ4n) is 3.50. The van der Waals surface area contributed by atoms with E-state index >= 15 is 0 Å². The molecule has 3 heteroatoms. The Balaban J connectivity index is 1.62. The van der Waals surface area contributed by atoms with Crippen LogP contribution in [0.3, 0.4) is 0 Å². The van der Waals surface area contributed by atoms with Gasteiger partial charge in [0.1, 0.15) is 0 Å². The van der Waals surface area contributed by atoms with Crippen LogP contribution in [0, 0.1) is 5.41 Å². The molecule has 0 heterocycles. The van der Waals surface area contributed by atoms with Gasteiger partial charge in [0.2, 0.25) is 0 Å². The number of hydrogen-bond acceptors (Lipinski definition) is 1. The van der Waals surface area contributed by atoms with Crippen LogP contribution >= 0.6 is 0 Å². The van der Waals surface area contributed by atoms with Gasteiger partial charge in [-0.3, -0.25) is 4.99 Å². The van der Waals surface area contributed by atoms with Crippen molar-refractivity contribution in [3.05, 3.63) is 29.3 Å². The minimum absolute atomic E-state index is 0.365. The number of fused-ring (bicyclic) bond motifs is 1. The number of aryl methyl sites for hydroxylation is 2. The van der Waals surface area contributed by atoms with E-state index in [2.05, 4.69) is 35.4 Å². The molecule has 0 amide bonds. The molecule has 2 aliphatic rings. The van der Waals surface area contributed by atoms with Gasteiger partial charge >= 0.3 is 0 Å². The number of anilines is 1. The lowest BCUT2D eigenvalue weighted by molar-refractivity contribution is 0.351. The predicted molar refractivity (Wildman–Crippen MR) is 85.2 cm³/mol. The van der Waals surface area contributed by atoms with Crippen LogP contribution in [0.4, 0.5) is 5.69 Å². The summed E-state index contributed by atoms with van der Waals surface area (Å²) in [5.41, 5.74) is 10.4. The number of rotatable bonds is 3. The fraction of sp³-hybridized carbons (Fsp3) is 0.588. The zero-order valence-corrected chi connectivity index (χ0v) is 12.4. The number of nitrogens with two attached hydrogens (primary N) is 1. The Kier molecular flexibility index (Phi) is 3.68. The van der Waals surface area contributed by atoms with Crippen LogP contribution in [0.1, 0.15) is 50.2 Å². The molecule has 1 aromatic rings. The second kappa shape index (κ2) is 5.47. The number of nitrogens with one attached hydrogen (secondary N) is 1. The van der Waals surface area contributed by atoms with Crippen molar-refractivity contribution >= 4 is 11.6 Å². The minimum Gasteiger partial charge on any atom is -0.370 e. The first kappa shape index (κ1) is 13.5. The van der Waals surface area contributed by atoms with E-state index in [0.717, 1.165) is 12.2 Å². The average Bonchev–Trinajstić information content (AvgIpc) is 3.05. The highest BCUT2D eigenvalue weighted by molar-refractivity contribution is 5.92. The molecule has 3 nitrogen and oxygen atoms in total. The molecule has 1 aromatic carbocycles. The third kappa shape index (κ3) is 2.97. The summed E-state index contributed by atoms with van der Waals surface area (Å²) in [7, 11) is 0. The molecule has 2 aliphatic carbocycles. The van der Waals surface area contributed by atoms with Crippen LogP contribution < -0.4 is 11.1 Å². The molecule has 3 N–H and O–H groups in total. The van der Waals surface area contributed by atoms with Gasteiger partial charge in [0.25, 0.3) is 0 Å². The maximum absolute atomic E-state index is 6.03. The van der Waals surface area contributed by atoms with Crippen LogP contribution in [0.2, 0.25) is 0 Å². The summed E-state index contributed by atoms with van der Waals surface area (Å²) in [6, 6.07) is 6.56. The number of hydrogen-bond donors (Lipinski definition) is 2. The molecular formula is C17H25N3. The normalized spacial score (nSPS) is 20.9. The molecule has 0 atom stereocenters. The number of benzene rings is 1. The topological polar surface area (TPSA) is 50.4 Å². The quantitative estimate of drug-likeness (QED) is 0.653. The monoisotopic (exact) mass is 271 g/mol. The summed E-state index contributed by atoms with van der Waals surface area (Å²) in [6.07, 6.45) is 8.93. The summed E-state index contributed by atoms with van der Waals surface area (Å²) >= 11 is 0. The van der Waals surface area contributed by atoms with E-state index in [0.29, 0.717) is 11.4 Å². The lowest BCUT2D eigenvalue weighted by atomic mass is 9.89. The van der Waals surface area contributed by atoms with E-state index in [1.807, 2.05) is 0 Å². The number of aliphatic imine (C=N–C) groups is 1. The van der Waals surface area contributed by atoms with Crippen molar-refractivity contribution < 1.29 is 0 Å². The van der Waals surface area contributed by atoms with Gasteiger partial charge in [-0.1, -0.05) is 25.8 Å². The van der Waals surface area contributed by atoms with Crippen molar-refractivity contribution in [2.24, 2.45) is 16.1 Å². The van der Waals surface area contributed by atoms with Crippen molar-refractivity contribution in [1.29, 1.82) is 0 Å². The van der Waals surface area contributed by atoms with Gasteiger partial charge in [-0.2, -0.15) is 0 Å². The van der Waals surface area contributed by atoms with Gasteiger partial charge in [-0.25, -0.2) is 0 Å². The Hall–Kier alpha value is -1.51. The lowest BCUT2D eigenvalue weighted by Crippen LogP contribution is -2.25. The van der Waals surface area contributed by atoms with Crippen LogP contribution in [0.15, 0.2) is 23.2 Å². The molecule has 0 saturated heterocycles. The first-order chi connectivity index (χ1) is 9.65. The maximum atomic E-state index is 6.03. The molecule has 20 heavy (non-hydrogen) atoms. The largest absolute Gasteiger partial charge is 0.370 e. The van der Waals surface area contributed by atoms with Gasteiger partial charge in [0, 0.05) is 12.2 Å². The van der Waals surface area contributed by atoms with E-state index in [4.69, 9.17) is 5.73 Å². The molecule has 0 spiro atoms. The van der Waals surface area contributed by atoms with E-state index in [-0.39, 0.29) is 0 Å². The van der Waals surface area contributed by atoms with Crippen LogP contribution in [-0.4, -0.2) is 12.5 Å². The highest BCUT2D eigenvalue weighted by Gasteiger charge is 2.28. The Labute approximate surface area is 121 Å². The third-order valence-corrected chi connectivity index (χ3v) is 4.81. The SMILES string of the molecule is CC1(CN=C(N)Nc2ccc3c(c2)CCC3)CCCC1. The molecular weight excluding hydrogens is 246 g/mol. The second-order valence-electron chi connectivity index (χ2n) is 6.68. The van der Waals surface area contributed by atoms with Crippen molar-refractivity contribution in [2.45, 2.75) is 51.9 Å². The van der Waals surface area contributed by atoms with E-state index < -0.39 is 0 Å². The summed E-state index contributed by atoms with van der Waals surface area (Å²) in [5.74, 6) is 0.552. The zero-order valence-electron chi connectivity index (χ0n) is 12.4. The number of guanidine groups is 1. The molecule has 1 fully saturated rings. The van der Waals surface area contributed by atoms with Crippen molar-refractivity contribution in [2.75, 3.05) is 11.9 Å². The van der Waals surface area contributed by atoms with Crippen LogP contribution in [0.5, 0.6) is 0 Å². The molecule has 0 unspecified atom stereocenters. The fourth-order valence-corrected chi connectivity index (χ4v) is 3.50. The Morgan fingerprint density at radius 2 is 1.95 bits per heavy atom. The van der Waals surface area contributed by atoms with Gasteiger partial charge in [-0.15, -0.1) is 0 Å². The third-order valence-electron chi connectivity index (χ3n) is 4.81. The predicted octanol–water partition coefficient (Wildman–Crippen LogP) is 3.48. The van der Waals surface area contributed by atoms with Crippen molar-refractivity contribution in [1.82, 2.24) is 0 Å². The molecule has 108 valence electrons. The van der Waals surface area contributed by atoms with Crippen molar-refractivity contribution in [3.8, 4) is 0 Å². The van der Waals surface area contributed by atoms with Gasteiger partial charge in [0.15, 0.2) is 5.96 Å². The highest BCUT2D eigenvalue weighted by Crippen LogP contribution is 2.37. The first-order valence-corrected chi connectivity index (χ1v) is 7.83. The summed E-state index contributed by atoms with van der Waals surface area (Å²) in [5, 5.41) is 3.24. The average molecular weight is 271 g/mol. The first-order valence-electron chi connectivity index (χ1n) is 7.83. The summed E-state index contributed by atoms with van der Waals surface area (Å²) in [6.45, 7) is 3.17. The smallest absolute Gasteiger partial charge is 0.193 e. The van der Waals surface area contributed by atoms with Gasteiger partial charge in [-0.05, 0) is 60.8 Å². The van der Waals surface area contributed by atoms with Gasteiger partial charge < -0.3 is 11.1 Å². The Morgan fingerprint density at radius 3 is 2.75 bits per heavy atom. The van der Waals surface area contributed by atoms with E-state index in [1.54, 1.807) is 0 Å². The number of nitrogens with zero attached hydrogens (tertiary/aromatic N) is 1. The Morgan fingerprint density at radius 1 is 1.20 bits per heavy atom. The highest BCUT2D eigenvalue weighted by atomic mass is 15.1. The molecule has 0 bridgehead atoms. The van der Waals surface area contributed by atoms with Crippen LogP contribution in [0.25, 0.3) is 0 Å². The van der Waals surface area contributed by atoms with Crippen molar-refractivity contribution in [3.63, 3.8) is 0 Å². The standard InChI is InChI=1S/C17H25N3/c1-17(9-2-3-10-17)12-19-16(18)20-15-8-7-13-5-4-6-14(13)11-15/h7-8,11H,2-6,9-10,12H2,1H3,(H3,18,19,20). The molecule has 1 saturated carbocycles.